The molecule has 1 aliphatic rings. The molecule has 0 aliphatic carbocycles. The predicted octanol–water partition coefficient (Wildman–Crippen LogP) is 1.99. The Morgan fingerprint density at radius 3 is 2.85 bits per heavy atom. The summed E-state index contributed by atoms with van der Waals surface area (Å²) in [5, 5.41) is 0. The third-order valence-corrected chi connectivity index (χ3v) is 2.06. The standard InChI is InChI=1S/C10H13NO2/c1-2-8-12-10(3-1)13-9-4-6-11-7-5-9/h4-7,10H,1-3,8H2. The van der Waals surface area contributed by atoms with Crippen LogP contribution in [-0.2, 0) is 4.74 Å². The molecule has 0 N–H and O–H groups in total. The minimum absolute atomic E-state index is 0.0591. The van der Waals surface area contributed by atoms with Crippen molar-refractivity contribution in [1.82, 2.24) is 4.98 Å². The zero-order chi connectivity index (χ0) is 8.93. The van der Waals surface area contributed by atoms with Gasteiger partial charge in [-0.15, -0.1) is 0 Å². The highest BCUT2D eigenvalue weighted by Gasteiger charge is 2.14. The molecule has 2 heterocycles. The molecule has 0 radical (unpaired) electrons. The molecule has 0 saturated carbocycles. The maximum atomic E-state index is 5.59. The summed E-state index contributed by atoms with van der Waals surface area (Å²) in [6.45, 7) is 0.815. The average Bonchev–Trinajstić information content (AvgIpc) is 2.21. The SMILES string of the molecule is c1cc(OC2CCCCO2)ccn1. The van der Waals surface area contributed by atoms with Gasteiger partial charge in [-0.25, -0.2) is 0 Å². The van der Waals surface area contributed by atoms with Gasteiger partial charge in [0.1, 0.15) is 5.75 Å². The Bertz CT molecular complexity index is 244. The van der Waals surface area contributed by atoms with Gasteiger partial charge in [-0.2, -0.15) is 0 Å². The summed E-state index contributed by atoms with van der Waals surface area (Å²) in [5.41, 5.74) is 0. The minimum atomic E-state index is -0.0591. The van der Waals surface area contributed by atoms with Gasteiger partial charge in [0.25, 0.3) is 0 Å². The number of aromatic nitrogens is 1. The van der Waals surface area contributed by atoms with Gasteiger partial charge in [0.2, 0.25) is 0 Å². The van der Waals surface area contributed by atoms with Gasteiger partial charge in [0.05, 0.1) is 6.61 Å². The van der Waals surface area contributed by atoms with Crippen LogP contribution >= 0.6 is 0 Å². The molecule has 1 saturated heterocycles. The van der Waals surface area contributed by atoms with Crippen molar-refractivity contribution < 1.29 is 9.47 Å². The van der Waals surface area contributed by atoms with E-state index >= 15 is 0 Å². The Balaban J connectivity index is 1.90. The van der Waals surface area contributed by atoms with Crippen LogP contribution in [0.5, 0.6) is 5.75 Å². The predicted molar refractivity (Wildman–Crippen MR) is 48.5 cm³/mol. The number of nitrogens with zero attached hydrogens (tertiary/aromatic N) is 1. The zero-order valence-electron chi connectivity index (χ0n) is 7.48. The van der Waals surface area contributed by atoms with E-state index in [2.05, 4.69) is 4.98 Å². The first-order valence-corrected chi connectivity index (χ1v) is 4.63. The average molecular weight is 179 g/mol. The minimum Gasteiger partial charge on any atom is -0.465 e. The van der Waals surface area contributed by atoms with E-state index in [0.717, 1.165) is 25.2 Å². The Hall–Kier alpha value is -1.09. The summed E-state index contributed by atoms with van der Waals surface area (Å²) in [6.07, 6.45) is 6.71. The molecular formula is C10H13NO2. The lowest BCUT2D eigenvalue weighted by molar-refractivity contribution is -0.105. The van der Waals surface area contributed by atoms with E-state index in [1.165, 1.54) is 6.42 Å². The summed E-state index contributed by atoms with van der Waals surface area (Å²) in [6, 6.07) is 3.69. The molecule has 0 amide bonds. The van der Waals surface area contributed by atoms with E-state index < -0.39 is 0 Å². The molecule has 1 aromatic heterocycles. The van der Waals surface area contributed by atoms with Crippen LogP contribution in [0.25, 0.3) is 0 Å². The first-order valence-electron chi connectivity index (χ1n) is 4.63. The van der Waals surface area contributed by atoms with E-state index in [4.69, 9.17) is 9.47 Å². The highest BCUT2D eigenvalue weighted by Crippen LogP contribution is 2.17. The highest BCUT2D eigenvalue weighted by molar-refractivity contribution is 5.16. The van der Waals surface area contributed by atoms with Crippen molar-refractivity contribution in [2.75, 3.05) is 6.61 Å². The topological polar surface area (TPSA) is 31.4 Å². The lowest BCUT2D eigenvalue weighted by Crippen LogP contribution is -2.24. The Kier molecular flexibility index (Phi) is 2.77. The van der Waals surface area contributed by atoms with Crippen LogP contribution in [0.15, 0.2) is 24.5 Å². The fourth-order valence-corrected chi connectivity index (χ4v) is 1.37. The van der Waals surface area contributed by atoms with E-state index in [1.807, 2.05) is 12.1 Å². The lowest BCUT2D eigenvalue weighted by atomic mass is 10.2. The number of pyridine rings is 1. The fourth-order valence-electron chi connectivity index (χ4n) is 1.37. The van der Waals surface area contributed by atoms with Crippen molar-refractivity contribution >= 4 is 0 Å². The first kappa shape index (κ1) is 8.51. The van der Waals surface area contributed by atoms with Gasteiger partial charge in [-0.1, -0.05) is 0 Å². The molecule has 13 heavy (non-hydrogen) atoms. The summed E-state index contributed by atoms with van der Waals surface area (Å²) >= 11 is 0. The number of ether oxygens (including phenoxy) is 2. The zero-order valence-corrected chi connectivity index (χ0v) is 7.48. The van der Waals surface area contributed by atoms with Crippen LogP contribution in [0, 0.1) is 0 Å². The van der Waals surface area contributed by atoms with E-state index in [1.54, 1.807) is 12.4 Å². The molecular weight excluding hydrogens is 166 g/mol. The summed E-state index contributed by atoms with van der Waals surface area (Å²) in [5.74, 6) is 0.835. The van der Waals surface area contributed by atoms with E-state index in [0.29, 0.717) is 0 Å². The van der Waals surface area contributed by atoms with Crippen LogP contribution in [0.2, 0.25) is 0 Å². The van der Waals surface area contributed by atoms with Gasteiger partial charge in [-0.3, -0.25) is 4.98 Å². The molecule has 3 heteroatoms. The van der Waals surface area contributed by atoms with Gasteiger partial charge in [0.15, 0.2) is 6.29 Å². The maximum Gasteiger partial charge on any atom is 0.199 e. The smallest absolute Gasteiger partial charge is 0.199 e. The largest absolute Gasteiger partial charge is 0.465 e. The third kappa shape index (κ3) is 2.42. The second kappa shape index (κ2) is 4.23. The van der Waals surface area contributed by atoms with E-state index in [-0.39, 0.29) is 6.29 Å². The second-order valence-corrected chi connectivity index (χ2v) is 3.10. The first-order chi connectivity index (χ1) is 6.45. The molecule has 3 nitrogen and oxygen atoms in total. The van der Waals surface area contributed by atoms with Crippen molar-refractivity contribution in [1.29, 1.82) is 0 Å². The monoisotopic (exact) mass is 179 g/mol. The van der Waals surface area contributed by atoms with Crippen molar-refractivity contribution in [3.8, 4) is 5.75 Å². The maximum absolute atomic E-state index is 5.59. The third-order valence-electron chi connectivity index (χ3n) is 2.06. The highest BCUT2D eigenvalue weighted by atomic mass is 16.7. The van der Waals surface area contributed by atoms with Crippen molar-refractivity contribution in [3.05, 3.63) is 24.5 Å². The fraction of sp³-hybridized carbons (Fsp3) is 0.500. The molecule has 2 rings (SSSR count). The normalized spacial score (nSPS) is 22.6. The molecule has 70 valence electrons. The van der Waals surface area contributed by atoms with Gasteiger partial charge < -0.3 is 9.47 Å². The number of rotatable bonds is 2. The van der Waals surface area contributed by atoms with Crippen LogP contribution in [0.4, 0.5) is 0 Å². The molecule has 0 bridgehead atoms. The molecule has 1 aromatic rings. The summed E-state index contributed by atoms with van der Waals surface area (Å²) < 4.78 is 11.0. The molecule has 1 atom stereocenters. The summed E-state index contributed by atoms with van der Waals surface area (Å²) in [7, 11) is 0. The van der Waals surface area contributed by atoms with Crippen molar-refractivity contribution in [3.63, 3.8) is 0 Å². The van der Waals surface area contributed by atoms with Gasteiger partial charge >= 0.3 is 0 Å². The summed E-state index contributed by atoms with van der Waals surface area (Å²) in [4.78, 5) is 3.92. The lowest BCUT2D eigenvalue weighted by Gasteiger charge is -2.23. The molecule has 1 fully saturated rings. The van der Waals surface area contributed by atoms with Gasteiger partial charge in [-0.05, 0) is 25.0 Å². The molecule has 0 aromatic carbocycles. The Morgan fingerprint density at radius 1 is 1.31 bits per heavy atom. The molecule has 1 aliphatic heterocycles. The van der Waals surface area contributed by atoms with E-state index in [9.17, 15) is 0 Å². The van der Waals surface area contributed by atoms with Crippen LogP contribution in [-0.4, -0.2) is 17.9 Å². The number of hydrogen-bond donors (Lipinski definition) is 0. The second-order valence-electron chi connectivity index (χ2n) is 3.10. The Labute approximate surface area is 77.7 Å². The Morgan fingerprint density at radius 2 is 2.15 bits per heavy atom. The number of hydrogen-bond acceptors (Lipinski definition) is 3. The van der Waals surface area contributed by atoms with Crippen LogP contribution in [0.1, 0.15) is 19.3 Å². The van der Waals surface area contributed by atoms with Crippen molar-refractivity contribution in [2.45, 2.75) is 25.6 Å². The van der Waals surface area contributed by atoms with Gasteiger partial charge in [0, 0.05) is 18.8 Å². The quantitative estimate of drug-likeness (QED) is 0.695. The molecule has 1 unspecified atom stereocenters. The van der Waals surface area contributed by atoms with Crippen LogP contribution < -0.4 is 4.74 Å². The van der Waals surface area contributed by atoms with Crippen LogP contribution in [0.3, 0.4) is 0 Å². The molecule has 0 spiro atoms. The van der Waals surface area contributed by atoms with Crippen molar-refractivity contribution in [2.24, 2.45) is 0 Å².